The van der Waals surface area contributed by atoms with Crippen molar-refractivity contribution in [1.29, 1.82) is 0 Å². The fraction of sp³-hybridized carbons (Fsp3) is 0.500. The van der Waals surface area contributed by atoms with E-state index in [4.69, 9.17) is 0 Å². The first-order valence-electron chi connectivity index (χ1n) is 6.94. The Kier molecular flexibility index (Phi) is 4.97. The second-order valence-electron chi connectivity index (χ2n) is 5.36. The Balaban J connectivity index is 2.03. The summed E-state index contributed by atoms with van der Waals surface area (Å²) in [7, 11) is -0.498. The predicted octanol–water partition coefficient (Wildman–Crippen LogP) is 0.687. The molecule has 1 aromatic rings. The Bertz CT molecular complexity index is 587. The zero-order valence-electron chi connectivity index (χ0n) is 12.3. The van der Waals surface area contributed by atoms with Crippen LogP contribution in [0.15, 0.2) is 30.3 Å². The maximum Gasteiger partial charge on any atom is 0.279 e. The van der Waals surface area contributed by atoms with E-state index in [1.165, 1.54) is 14.1 Å². The van der Waals surface area contributed by atoms with Gasteiger partial charge in [0.2, 0.25) is 0 Å². The fourth-order valence-corrected chi connectivity index (χ4v) is 3.16. The number of rotatable bonds is 4. The first kappa shape index (κ1) is 15.9. The van der Waals surface area contributed by atoms with Gasteiger partial charge in [-0.05, 0) is 25.0 Å². The predicted molar refractivity (Wildman–Crippen MR) is 81.1 cm³/mol. The molecule has 7 heteroatoms. The highest BCUT2D eigenvalue weighted by Gasteiger charge is 2.27. The van der Waals surface area contributed by atoms with Crippen LogP contribution in [0, 0.1) is 0 Å². The van der Waals surface area contributed by atoms with Gasteiger partial charge in [0, 0.05) is 38.8 Å². The van der Waals surface area contributed by atoms with Crippen molar-refractivity contribution in [2.45, 2.75) is 18.9 Å². The zero-order chi connectivity index (χ0) is 15.5. The molecule has 21 heavy (non-hydrogen) atoms. The molecule has 1 saturated heterocycles. The standard InChI is InChI=1S/C14H21N3O3S/c1-16(2)21(19,20)15-13-9-6-10-17(11-13)14(18)12-7-4-3-5-8-12/h3-5,7-8,13,15H,6,9-11H2,1-2H3. The summed E-state index contributed by atoms with van der Waals surface area (Å²) in [6, 6.07) is 8.82. The molecule has 1 aliphatic rings. The van der Waals surface area contributed by atoms with E-state index in [-0.39, 0.29) is 11.9 Å². The molecule has 1 N–H and O–H groups in total. The minimum Gasteiger partial charge on any atom is -0.337 e. The number of benzene rings is 1. The van der Waals surface area contributed by atoms with Crippen molar-refractivity contribution in [3.63, 3.8) is 0 Å². The molecule has 0 bridgehead atoms. The van der Waals surface area contributed by atoms with Crippen molar-refractivity contribution in [1.82, 2.24) is 13.9 Å². The van der Waals surface area contributed by atoms with Crippen molar-refractivity contribution in [2.75, 3.05) is 27.2 Å². The molecule has 1 heterocycles. The van der Waals surface area contributed by atoms with E-state index in [1.54, 1.807) is 17.0 Å². The third-order valence-electron chi connectivity index (χ3n) is 3.53. The number of amides is 1. The minimum absolute atomic E-state index is 0.0515. The minimum atomic E-state index is -3.47. The van der Waals surface area contributed by atoms with Crippen LogP contribution in [0.4, 0.5) is 0 Å². The van der Waals surface area contributed by atoms with Gasteiger partial charge in [-0.25, -0.2) is 0 Å². The molecule has 1 unspecified atom stereocenters. The molecule has 0 saturated carbocycles. The summed E-state index contributed by atoms with van der Waals surface area (Å²) in [6.07, 6.45) is 1.53. The number of carbonyl (C=O) groups excluding carboxylic acids is 1. The monoisotopic (exact) mass is 311 g/mol. The zero-order valence-corrected chi connectivity index (χ0v) is 13.1. The molecule has 0 aliphatic carbocycles. The van der Waals surface area contributed by atoms with E-state index in [0.717, 1.165) is 17.1 Å². The van der Waals surface area contributed by atoms with E-state index in [1.807, 2.05) is 18.2 Å². The SMILES string of the molecule is CN(C)S(=O)(=O)NC1CCCN(C(=O)c2ccccc2)C1. The van der Waals surface area contributed by atoms with Crippen LogP contribution in [0.5, 0.6) is 0 Å². The molecule has 2 rings (SSSR count). The molecule has 1 aliphatic heterocycles. The van der Waals surface area contributed by atoms with Crippen LogP contribution in [-0.4, -0.2) is 56.8 Å². The smallest absolute Gasteiger partial charge is 0.279 e. The molecule has 116 valence electrons. The van der Waals surface area contributed by atoms with E-state index in [2.05, 4.69) is 4.72 Å². The maximum absolute atomic E-state index is 12.4. The normalized spacial score (nSPS) is 19.8. The summed E-state index contributed by atoms with van der Waals surface area (Å²) in [5, 5.41) is 0. The Morgan fingerprint density at radius 2 is 1.95 bits per heavy atom. The van der Waals surface area contributed by atoms with Gasteiger partial charge in [-0.3, -0.25) is 4.79 Å². The first-order valence-corrected chi connectivity index (χ1v) is 8.38. The van der Waals surface area contributed by atoms with Gasteiger partial charge in [0.15, 0.2) is 0 Å². The molecule has 0 spiro atoms. The highest BCUT2D eigenvalue weighted by Crippen LogP contribution is 2.14. The molecule has 1 atom stereocenters. The number of likely N-dealkylation sites (tertiary alicyclic amines) is 1. The van der Waals surface area contributed by atoms with Gasteiger partial charge in [0.1, 0.15) is 0 Å². The molecule has 6 nitrogen and oxygen atoms in total. The van der Waals surface area contributed by atoms with Crippen LogP contribution in [0.2, 0.25) is 0 Å². The van der Waals surface area contributed by atoms with E-state index >= 15 is 0 Å². The lowest BCUT2D eigenvalue weighted by molar-refractivity contribution is 0.0702. The van der Waals surface area contributed by atoms with Crippen molar-refractivity contribution >= 4 is 16.1 Å². The lowest BCUT2D eigenvalue weighted by Crippen LogP contribution is -2.51. The highest BCUT2D eigenvalue weighted by atomic mass is 32.2. The number of carbonyl (C=O) groups is 1. The molecule has 1 fully saturated rings. The lowest BCUT2D eigenvalue weighted by Gasteiger charge is -2.33. The quantitative estimate of drug-likeness (QED) is 0.889. The number of hydrogen-bond acceptors (Lipinski definition) is 3. The average molecular weight is 311 g/mol. The number of hydrogen-bond donors (Lipinski definition) is 1. The van der Waals surface area contributed by atoms with Crippen molar-refractivity contribution in [3.8, 4) is 0 Å². The summed E-state index contributed by atoms with van der Waals surface area (Å²) < 4.78 is 27.5. The molecule has 1 amide bonds. The Labute approximate surface area is 125 Å². The van der Waals surface area contributed by atoms with Gasteiger partial charge < -0.3 is 4.90 Å². The third kappa shape index (κ3) is 4.03. The summed E-state index contributed by atoms with van der Waals surface area (Å²) in [6.45, 7) is 1.06. The third-order valence-corrected chi connectivity index (χ3v) is 5.12. The number of nitrogens with zero attached hydrogens (tertiary/aromatic N) is 2. The van der Waals surface area contributed by atoms with Gasteiger partial charge in [0.25, 0.3) is 16.1 Å². The Hall–Kier alpha value is -1.44. The van der Waals surface area contributed by atoms with Crippen LogP contribution >= 0.6 is 0 Å². The maximum atomic E-state index is 12.4. The van der Waals surface area contributed by atoms with Crippen LogP contribution in [0.3, 0.4) is 0 Å². The summed E-state index contributed by atoms with van der Waals surface area (Å²) in [5.41, 5.74) is 0.633. The summed E-state index contributed by atoms with van der Waals surface area (Å²) in [5.74, 6) is -0.0515. The van der Waals surface area contributed by atoms with Crippen LogP contribution in [0.1, 0.15) is 23.2 Å². The molecule has 0 radical (unpaired) electrons. The van der Waals surface area contributed by atoms with Crippen molar-refractivity contribution in [2.24, 2.45) is 0 Å². The molecular weight excluding hydrogens is 290 g/mol. The van der Waals surface area contributed by atoms with Gasteiger partial charge in [-0.2, -0.15) is 17.4 Å². The van der Waals surface area contributed by atoms with Crippen LogP contribution in [0.25, 0.3) is 0 Å². The fourth-order valence-electron chi connectivity index (χ4n) is 2.34. The van der Waals surface area contributed by atoms with E-state index in [9.17, 15) is 13.2 Å². The van der Waals surface area contributed by atoms with Gasteiger partial charge in [-0.15, -0.1) is 0 Å². The average Bonchev–Trinajstić information content (AvgIpc) is 2.47. The van der Waals surface area contributed by atoms with E-state index < -0.39 is 10.2 Å². The molecule has 1 aromatic carbocycles. The number of nitrogens with one attached hydrogen (secondary N) is 1. The lowest BCUT2D eigenvalue weighted by atomic mass is 10.1. The Morgan fingerprint density at radius 1 is 1.29 bits per heavy atom. The Morgan fingerprint density at radius 3 is 2.57 bits per heavy atom. The second kappa shape index (κ2) is 6.55. The van der Waals surface area contributed by atoms with Gasteiger partial charge in [0.05, 0.1) is 0 Å². The summed E-state index contributed by atoms with van der Waals surface area (Å²) >= 11 is 0. The largest absolute Gasteiger partial charge is 0.337 e. The van der Waals surface area contributed by atoms with Crippen molar-refractivity contribution in [3.05, 3.63) is 35.9 Å². The summed E-state index contributed by atoms with van der Waals surface area (Å²) in [4.78, 5) is 14.1. The second-order valence-corrected chi connectivity index (χ2v) is 7.28. The van der Waals surface area contributed by atoms with Crippen molar-refractivity contribution < 1.29 is 13.2 Å². The number of piperidine rings is 1. The highest BCUT2D eigenvalue weighted by molar-refractivity contribution is 7.87. The van der Waals surface area contributed by atoms with Crippen LogP contribution < -0.4 is 4.72 Å². The van der Waals surface area contributed by atoms with Crippen LogP contribution in [-0.2, 0) is 10.2 Å². The first-order chi connectivity index (χ1) is 9.90. The molecule has 0 aromatic heterocycles. The molecular formula is C14H21N3O3S. The topological polar surface area (TPSA) is 69.7 Å². The van der Waals surface area contributed by atoms with Gasteiger partial charge in [-0.1, -0.05) is 18.2 Å². The van der Waals surface area contributed by atoms with E-state index in [0.29, 0.717) is 18.7 Å². The van der Waals surface area contributed by atoms with Gasteiger partial charge >= 0.3 is 0 Å².